The van der Waals surface area contributed by atoms with Gasteiger partial charge in [-0.2, -0.15) is 5.10 Å². The lowest BCUT2D eigenvalue weighted by Gasteiger charge is -2.02. The fourth-order valence-electron chi connectivity index (χ4n) is 2.08. The molecule has 0 aliphatic heterocycles. The first-order valence-corrected chi connectivity index (χ1v) is 7.03. The van der Waals surface area contributed by atoms with E-state index in [1.807, 2.05) is 11.0 Å². The third-order valence-electron chi connectivity index (χ3n) is 3.49. The van der Waals surface area contributed by atoms with Crippen LogP contribution in [0, 0.1) is 0 Å². The summed E-state index contributed by atoms with van der Waals surface area (Å²) in [5.41, 5.74) is 2.64. The largest absolute Gasteiger partial charge is 0.307 e. The summed E-state index contributed by atoms with van der Waals surface area (Å²) in [6, 6.07) is 9.41. The third-order valence-corrected chi connectivity index (χ3v) is 3.49. The quantitative estimate of drug-likeness (QED) is 0.861. The molecule has 1 aliphatic carbocycles. The molecule has 19 heavy (non-hydrogen) atoms. The van der Waals surface area contributed by atoms with E-state index in [1.165, 1.54) is 24.0 Å². The van der Waals surface area contributed by atoms with Crippen LogP contribution >= 0.6 is 0 Å². The van der Waals surface area contributed by atoms with Crippen LogP contribution in [0.1, 0.15) is 36.7 Å². The maximum Gasteiger partial charge on any atom is 0.164 e. The fourth-order valence-corrected chi connectivity index (χ4v) is 2.08. The Morgan fingerprint density at radius 2 is 1.95 bits per heavy atom. The lowest BCUT2D eigenvalue weighted by atomic mass is 10.1. The van der Waals surface area contributed by atoms with Gasteiger partial charge in [0.05, 0.1) is 13.1 Å². The van der Waals surface area contributed by atoms with Crippen molar-refractivity contribution in [1.29, 1.82) is 0 Å². The van der Waals surface area contributed by atoms with Crippen LogP contribution in [-0.2, 0) is 19.5 Å². The molecule has 1 aromatic carbocycles. The molecule has 0 radical (unpaired) electrons. The number of benzene rings is 1. The molecule has 100 valence electrons. The number of aryl methyl sites for hydroxylation is 1. The van der Waals surface area contributed by atoms with Crippen molar-refractivity contribution < 1.29 is 0 Å². The average molecular weight is 256 g/mol. The molecular formula is C15H20N4. The van der Waals surface area contributed by atoms with E-state index in [0.717, 1.165) is 25.3 Å². The second-order valence-corrected chi connectivity index (χ2v) is 5.18. The van der Waals surface area contributed by atoms with Crippen molar-refractivity contribution in [2.24, 2.45) is 0 Å². The Hall–Kier alpha value is -1.68. The van der Waals surface area contributed by atoms with Crippen LogP contribution in [0.3, 0.4) is 0 Å². The summed E-state index contributed by atoms with van der Waals surface area (Å²) in [5.74, 6) is 0.886. The summed E-state index contributed by atoms with van der Waals surface area (Å²) in [4.78, 5) is 4.34. The highest BCUT2D eigenvalue weighted by atomic mass is 15.3. The van der Waals surface area contributed by atoms with Crippen molar-refractivity contribution in [2.45, 2.75) is 45.3 Å². The van der Waals surface area contributed by atoms with Gasteiger partial charge in [-0.1, -0.05) is 31.2 Å². The minimum absolute atomic E-state index is 0.702. The van der Waals surface area contributed by atoms with Crippen LogP contribution in [-0.4, -0.2) is 20.8 Å². The van der Waals surface area contributed by atoms with Gasteiger partial charge in [-0.15, -0.1) is 0 Å². The Labute approximate surface area is 113 Å². The molecule has 2 aromatic rings. The minimum Gasteiger partial charge on any atom is -0.307 e. The van der Waals surface area contributed by atoms with Gasteiger partial charge >= 0.3 is 0 Å². The summed E-state index contributed by atoms with van der Waals surface area (Å²) >= 11 is 0. The first-order valence-electron chi connectivity index (χ1n) is 7.03. The molecule has 3 rings (SSSR count). The summed E-state index contributed by atoms with van der Waals surface area (Å²) < 4.78 is 1.91. The van der Waals surface area contributed by atoms with Crippen molar-refractivity contribution in [3.05, 3.63) is 47.5 Å². The second kappa shape index (κ2) is 5.53. The fraction of sp³-hybridized carbons (Fsp3) is 0.467. The number of nitrogens with one attached hydrogen (secondary N) is 1. The first-order chi connectivity index (χ1) is 9.33. The Kier molecular flexibility index (Phi) is 3.60. The first kappa shape index (κ1) is 12.4. The van der Waals surface area contributed by atoms with Crippen molar-refractivity contribution in [2.75, 3.05) is 0 Å². The van der Waals surface area contributed by atoms with Crippen molar-refractivity contribution in [1.82, 2.24) is 20.1 Å². The van der Waals surface area contributed by atoms with Crippen LogP contribution in [0.2, 0.25) is 0 Å². The van der Waals surface area contributed by atoms with Crippen LogP contribution < -0.4 is 5.32 Å². The zero-order chi connectivity index (χ0) is 13.1. The van der Waals surface area contributed by atoms with Crippen molar-refractivity contribution >= 4 is 0 Å². The molecule has 0 saturated heterocycles. The third kappa shape index (κ3) is 3.41. The highest BCUT2D eigenvalue weighted by molar-refractivity contribution is 5.22. The standard InChI is InChI=1S/C15H20N4/c1-2-12-3-5-13(6-4-12)10-19-11-17-15(18-19)9-16-14-7-8-14/h3-6,11,14,16H,2,7-10H2,1H3. The summed E-state index contributed by atoms with van der Waals surface area (Å²) in [5, 5.41) is 7.92. The van der Waals surface area contributed by atoms with Gasteiger partial charge in [0.1, 0.15) is 6.33 Å². The molecule has 0 bridgehead atoms. The molecule has 0 amide bonds. The maximum atomic E-state index is 4.49. The number of aromatic nitrogens is 3. The minimum atomic E-state index is 0.702. The molecule has 4 nitrogen and oxygen atoms in total. The maximum absolute atomic E-state index is 4.49. The number of hydrogen-bond acceptors (Lipinski definition) is 3. The van der Waals surface area contributed by atoms with Crippen LogP contribution in [0.15, 0.2) is 30.6 Å². The van der Waals surface area contributed by atoms with E-state index in [0.29, 0.717) is 6.04 Å². The van der Waals surface area contributed by atoms with E-state index in [-0.39, 0.29) is 0 Å². The number of nitrogens with zero attached hydrogens (tertiary/aromatic N) is 3. The van der Waals surface area contributed by atoms with Gasteiger partial charge in [0.25, 0.3) is 0 Å². The topological polar surface area (TPSA) is 42.7 Å². The molecular weight excluding hydrogens is 236 g/mol. The summed E-state index contributed by atoms with van der Waals surface area (Å²) in [6.45, 7) is 3.75. The van der Waals surface area contributed by atoms with Gasteiger partial charge in [-0.25, -0.2) is 9.67 Å². The van der Waals surface area contributed by atoms with E-state index in [2.05, 4.69) is 46.6 Å². The Morgan fingerprint density at radius 3 is 2.63 bits per heavy atom. The predicted octanol–water partition coefficient (Wildman–Crippen LogP) is 2.14. The van der Waals surface area contributed by atoms with Crippen molar-refractivity contribution in [3.63, 3.8) is 0 Å². The van der Waals surface area contributed by atoms with Crippen LogP contribution in [0.25, 0.3) is 0 Å². The van der Waals surface area contributed by atoms with Gasteiger partial charge in [0.15, 0.2) is 5.82 Å². The molecule has 1 N–H and O–H groups in total. The van der Waals surface area contributed by atoms with Gasteiger partial charge in [0, 0.05) is 6.04 Å². The van der Waals surface area contributed by atoms with Gasteiger partial charge < -0.3 is 5.32 Å². The zero-order valence-corrected chi connectivity index (χ0v) is 11.3. The lowest BCUT2D eigenvalue weighted by Crippen LogP contribution is -2.16. The molecule has 1 saturated carbocycles. The highest BCUT2D eigenvalue weighted by Gasteiger charge is 2.20. The highest BCUT2D eigenvalue weighted by Crippen LogP contribution is 2.18. The predicted molar refractivity (Wildman–Crippen MR) is 74.8 cm³/mol. The Balaban J connectivity index is 1.58. The SMILES string of the molecule is CCc1ccc(Cn2cnc(CNC3CC3)n2)cc1. The number of rotatable bonds is 6. The number of hydrogen-bond donors (Lipinski definition) is 1. The van der Waals surface area contributed by atoms with E-state index < -0.39 is 0 Å². The molecule has 1 fully saturated rings. The Bertz CT molecular complexity index is 525. The zero-order valence-electron chi connectivity index (χ0n) is 11.3. The van der Waals surface area contributed by atoms with Gasteiger partial charge in [-0.05, 0) is 30.4 Å². The lowest BCUT2D eigenvalue weighted by molar-refractivity contribution is 0.628. The van der Waals surface area contributed by atoms with E-state index >= 15 is 0 Å². The molecule has 4 heteroatoms. The second-order valence-electron chi connectivity index (χ2n) is 5.18. The van der Waals surface area contributed by atoms with Crippen molar-refractivity contribution in [3.8, 4) is 0 Å². The van der Waals surface area contributed by atoms with E-state index in [1.54, 1.807) is 0 Å². The van der Waals surface area contributed by atoms with E-state index in [9.17, 15) is 0 Å². The molecule has 1 heterocycles. The molecule has 1 aliphatic rings. The monoisotopic (exact) mass is 256 g/mol. The molecule has 0 atom stereocenters. The summed E-state index contributed by atoms with van der Waals surface area (Å²) in [7, 11) is 0. The van der Waals surface area contributed by atoms with E-state index in [4.69, 9.17) is 0 Å². The average Bonchev–Trinajstić information content (AvgIpc) is 3.17. The van der Waals surface area contributed by atoms with Gasteiger partial charge in [-0.3, -0.25) is 0 Å². The molecule has 0 unspecified atom stereocenters. The smallest absolute Gasteiger partial charge is 0.164 e. The van der Waals surface area contributed by atoms with Gasteiger partial charge in [0.2, 0.25) is 0 Å². The molecule has 1 aromatic heterocycles. The van der Waals surface area contributed by atoms with Crippen LogP contribution in [0.4, 0.5) is 0 Å². The Morgan fingerprint density at radius 1 is 1.21 bits per heavy atom. The normalized spacial score (nSPS) is 14.8. The summed E-state index contributed by atoms with van der Waals surface area (Å²) in [6.07, 6.45) is 5.49. The molecule has 0 spiro atoms. The van der Waals surface area contributed by atoms with Crippen LogP contribution in [0.5, 0.6) is 0 Å².